The van der Waals surface area contributed by atoms with Gasteiger partial charge < -0.3 is 14.2 Å². The zero-order chi connectivity index (χ0) is 20.2. The zero-order valence-electron chi connectivity index (χ0n) is 15.8. The summed E-state index contributed by atoms with van der Waals surface area (Å²) in [4.78, 5) is 38.7. The Morgan fingerprint density at radius 3 is 2.59 bits per heavy atom. The highest BCUT2D eigenvalue weighted by Crippen LogP contribution is 2.26. The van der Waals surface area contributed by atoms with Gasteiger partial charge in [-0.3, -0.25) is 14.5 Å². The lowest BCUT2D eigenvalue weighted by Gasteiger charge is -2.17. The molecular formula is C22H21NO6. The average Bonchev–Trinajstić information content (AvgIpc) is 3.35. The zero-order valence-corrected chi connectivity index (χ0v) is 15.8. The molecule has 1 saturated heterocycles. The van der Waals surface area contributed by atoms with E-state index in [9.17, 15) is 14.4 Å². The molecule has 2 amide bonds. The maximum atomic E-state index is 12.7. The maximum Gasteiger partial charge on any atom is 0.338 e. The van der Waals surface area contributed by atoms with Crippen molar-refractivity contribution < 1.29 is 28.6 Å². The summed E-state index contributed by atoms with van der Waals surface area (Å²) in [6.07, 6.45) is 1.64. The van der Waals surface area contributed by atoms with E-state index in [1.165, 1.54) is 23.1 Å². The SMILES string of the molecule is O=C(OCCOc1ccccc1)c1ccc2c(c1)C(=O)N(C[C@H]1CCCO1)C2=O. The molecule has 2 aromatic carbocycles. The first-order chi connectivity index (χ1) is 14.1. The van der Waals surface area contributed by atoms with Crippen molar-refractivity contribution in [1.29, 1.82) is 0 Å². The van der Waals surface area contributed by atoms with Crippen molar-refractivity contribution in [1.82, 2.24) is 4.90 Å². The van der Waals surface area contributed by atoms with Gasteiger partial charge in [0.1, 0.15) is 19.0 Å². The second-order valence-electron chi connectivity index (χ2n) is 6.91. The Bertz CT molecular complexity index is 920. The molecule has 1 atom stereocenters. The minimum atomic E-state index is -0.567. The normalized spacial score (nSPS) is 18.1. The first-order valence-corrected chi connectivity index (χ1v) is 9.60. The highest BCUT2D eigenvalue weighted by atomic mass is 16.6. The molecular weight excluding hydrogens is 374 g/mol. The molecule has 0 N–H and O–H groups in total. The van der Waals surface area contributed by atoms with Crippen LogP contribution in [0.4, 0.5) is 0 Å². The van der Waals surface area contributed by atoms with Crippen molar-refractivity contribution in [2.75, 3.05) is 26.4 Å². The molecule has 0 unspecified atom stereocenters. The molecule has 2 aliphatic rings. The molecule has 4 rings (SSSR count). The summed E-state index contributed by atoms with van der Waals surface area (Å²) >= 11 is 0. The summed E-state index contributed by atoms with van der Waals surface area (Å²) in [5.74, 6) is -0.627. The number of hydrogen-bond donors (Lipinski definition) is 0. The summed E-state index contributed by atoms with van der Waals surface area (Å²) in [5, 5.41) is 0. The van der Waals surface area contributed by atoms with Crippen molar-refractivity contribution in [3.8, 4) is 5.75 Å². The molecule has 29 heavy (non-hydrogen) atoms. The van der Waals surface area contributed by atoms with E-state index in [2.05, 4.69) is 0 Å². The fourth-order valence-electron chi connectivity index (χ4n) is 3.47. The fraction of sp³-hybridized carbons (Fsp3) is 0.318. The average molecular weight is 395 g/mol. The van der Waals surface area contributed by atoms with Crippen LogP contribution in [0.15, 0.2) is 48.5 Å². The lowest BCUT2D eigenvalue weighted by Crippen LogP contribution is -2.36. The molecule has 1 fully saturated rings. The lowest BCUT2D eigenvalue weighted by molar-refractivity contribution is 0.0449. The van der Waals surface area contributed by atoms with Gasteiger partial charge in [0.05, 0.1) is 29.3 Å². The monoisotopic (exact) mass is 395 g/mol. The van der Waals surface area contributed by atoms with Crippen LogP contribution in [0.3, 0.4) is 0 Å². The molecule has 0 aliphatic carbocycles. The summed E-state index contributed by atoms with van der Waals surface area (Å²) < 4.78 is 16.2. The minimum absolute atomic E-state index is 0.0723. The molecule has 0 aromatic heterocycles. The Kier molecular flexibility index (Phi) is 5.57. The standard InChI is InChI=1S/C22H21NO6/c24-20-18-9-8-15(22(26)29-12-11-28-16-5-2-1-3-6-16)13-19(18)21(25)23(20)14-17-7-4-10-27-17/h1-3,5-6,8-9,13,17H,4,7,10-12,14H2/t17-/m1/s1. The van der Waals surface area contributed by atoms with Gasteiger partial charge >= 0.3 is 5.97 Å². The lowest BCUT2D eigenvalue weighted by atomic mass is 10.1. The van der Waals surface area contributed by atoms with E-state index < -0.39 is 11.9 Å². The number of carbonyl (C=O) groups excluding carboxylic acids is 3. The van der Waals surface area contributed by atoms with Gasteiger partial charge in [0.25, 0.3) is 11.8 Å². The van der Waals surface area contributed by atoms with Crippen LogP contribution >= 0.6 is 0 Å². The van der Waals surface area contributed by atoms with Crippen molar-refractivity contribution in [2.24, 2.45) is 0 Å². The molecule has 2 heterocycles. The van der Waals surface area contributed by atoms with Crippen LogP contribution in [0.25, 0.3) is 0 Å². The summed E-state index contributed by atoms with van der Waals surface area (Å²) in [6, 6.07) is 13.6. The second kappa shape index (κ2) is 8.45. The Morgan fingerprint density at radius 1 is 1.03 bits per heavy atom. The summed E-state index contributed by atoms with van der Waals surface area (Å²) in [7, 11) is 0. The van der Waals surface area contributed by atoms with Crippen molar-refractivity contribution >= 4 is 17.8 Å². The number of para-hydroxylation sites is 1. The predicted molar refractivity (Wildman–Crippen MR) is 103 cm³/mol. The third-order valence-electron chi connectivity index (χ3n) is 4.95. The third-order valence-corrected chi connectivity index (χ3v) is 4.95. The van der Waals surface area contributed by atoms with Crippen LogP contribution in [0.5, 0.6) is 5.75 Å². The van der Waals surface area contributed by atoms with Gasteiger partial charge in [0.15, 0.2) is 0 Å². The van der Waals surface area contributed by atoms with Crippen LogP contribution in [0.2, 0.25) is 0 Å². The van der Waals surface area contributed by atoms with E-state index in [4.69, 9.17) is 14.2 Å². The smallest absolute Gasteiger partial charge is 0.338 e. The molecule has 7 nitrogen and oxygen atoms in total. The number of imide groups is 1. The van der Waals surface area contributed by atoms with E-state index in [-0.39, 0.29) is 42.9 Å². The molecule has 0 radical (unpaired) electrons. The maximum absolute atomic E-state index is 12.7. The van der Waals surface area contributed by atoms with Gasteiger partial charge in [-0.1, -0.05) is 18.2 Å². The van der Waals surface area contributed by atoms with Gasteiger partial charge in [-0.15, -0.1) is 0 Å². The van der Waals surface area contributed by atoms with Gasteiger partial charge in [-0.05, 0) is 43.2 Å². The number of fused-ring (bicyclic) bond motifs is 1. The van der Waals surface area contributed by atoms with E-state index in [0.717, 1.165) is 12.8 Å². The highest BCUT2D eigenvalue weighted by Gasteiger charge is 2.38. The third kappa shape index (κ3) is 4.14. The topological polar surface area (TPSA) is 82.1 Å². The molecule has 2 aromatic rings. The van der Waals surface area contributed by atoms with Crippen molar-refractivity contribution in [3.63, 3.8) is 0 Å². The number of esters is 1. The van der Waals surface area contributed by atoms with Gasteiger partial charge in [0, 0.05) is 6.61 Å². The van der Waals surface area contributed by atoms with E-state index in [1.54, 1.807) is 0 Å². The molecule has 0 spiro atoms. The first kappa shape index (κ1) is 19.1. The number of nitrogens with zero attached hydrogens (tertiary/aromatic N) is 1. The summed E-state index contributed by atoms with van der Waals surface area (Å²) in [5.41, 5.74) is 0.753. The van der Waals surface area contributed by atoms with Gasteiger partial charge in [0.2, 0.25) is 0 Å². The quantitative estimate of drug-likeness (QED) is 0.407. The van der Waals surface area contributed by atoms with Crippen molar-refractivity contribution in [3.05, 3.63) is 65.2 Å². The van der Waals surface area contributed by atoms with Crippen LogP contribution < -0.4 is 4.74 Å². The minimum Gasteiger partial charge on any atom is -0.490 e. The molecule has 7 heteroatoms. The number of benzene rings is 2. The van der Waals surface area contributed by atoms with Crippen molar-refractivity contribution in [2.45, 2.75) is 18.9 Å². The van der Waals surface area contributed by atoms with Crippen LogP contribution in [0.1, 0.15) is 43.9 Å². The van der Waals surface area contributed by atoms with E-state index in [1.807, 2.05) is 30.3 Å². The van der Waals surface area contributed by atoms with Crippen LogP contribution in [-0.2, 0) is 9.47 Å². The van der Waals surface area contributed by atoms with E-state index >= 15 is 0 Å². The second-order valence-corrected chi connectivity index (χ2v) is 6.91. The number of ether oxygens (including phenoxy) is 3. The van der Waals surface area contributed by atoms with Gasteiger partial charge in [-0.2, -0.15) is 0 Å². The molecule has 0 bridgehead atoms. The molecule has 0 saturated carbocycles. The fourth-order valence-corrected chi connectivity index (χ4v) is 3.47. The Labute approximate surface area is 168 Å². The number of rotatable bonds is 7. The Morgan fingerprint density at radius 2 is 1.83 bits per heavy atom. The number of carbonyl (C=O) groups is 3. The summed E-state index contributed by atoms with van der Waals surface area (Å²) in [6.45, 7) is 1.18. The highest BCUT2D eigenvalue weighted by molar-refractivity contribution is 6.22. The Balaban J connectivity index is 1.35. The van der Waals surface area contributed by atoms with Crippen LogP contribution in [0, 0.1) is 0 Å². The van der Waals surface area contributed by atoms with Crippen LogP contribution in [-0.4, -0.2) is 55.2 Å². The Hall–Kier alpha value is -3.19. The molecule has 2 aliphatic heterocycles. The number of hydrogen-bond acceptors (Lipinski definition) is 6. The van der Waals surface area contributed by atoms with E-state index in [0.29, 0.717) is 17.9 Å². The first-order valence-electron chi connectivity index (χ1n) is 9.60. The molecule has 150 valence electrons. The predicted octanol–water partition coefficient (Wildman–Crippen LogP) is 2.70. The largest absolute Gasteiger partial charge is 0.490 e. The van der Waals surface area contributed by atoms with Gasteiger partial charge in [-0.25, -0.2) is 4.79 Å². The number of amides is 2.